The first kappa shape index (κ1) is 15.0. The number of hydrogen-bond donors (Lipinski definition) is 1. The van der Waals surface area contributed by atoms with Crippen molar-refractivity contribution in [3.05, 3.63) is 30.6 Å². The number of hydrogen-bond acceptors (Lipinski definition) is 5. The molecule has 2 aromatic rings. The number of carbonyl (C=O) groups excluding carboxylic acids is 1. The highest BCUT2D eigenvalue weighted by Gasteiger charge is 2.17. The maximum atomic E-state index is 11.8. The zero-order valence-corrected chi connectivity index (χ0v) is 12.4. The molecule has 0 saturated heterocycles. The average molecular weight is 289 g/mol. The molecule has 0 radical (unpaired) electrons. The van der Waals surface area contributed by atoms with Gasteiger partial charge in [0, 0.05) is 11.6 Å². The van der Waals surface area contributed by atoms with Gasteiger partial charge >= 0.3 is 0 Å². The molecule has 1 aromatic carbocycles. The maximum Gasteiger partial charge on any atom is 0.258 e. The Balaban J connectivity index is 1.95. The normalized spacial score (nSPS) is 11.2. The first-order valence-corrected chi connectivity index (χ1v) is 6.77. The molecule has 0 aliphatic heterocycles. The van der Waals surface area contributed by atoms with Gasteiger partial charge in [-0.2, -0.15) is 0 Å². The summed E-state index contributed by atoms with van der Waals surface area (Å²) in [4.78, 5) is 11.8. The Bertz CT molecular complexity index is 595. The van der Waals surface area contributed by atoms with Gasteiger partial charge in [0.25, 0.3) is 5.91 Å². The third kappa shape index (κ3) is 4.27. The number of rotatable bonds is 6. The number of ether oxygens (including phenoxy) is 1. The van der Waals surface area contributed by atoms with Crippen LogP contribution in [0.3, 0.4) is 0 Å². The highest BCUT2D eigenvalue weighted by Crippen LogP contribution is 2.15. The predicted molar refractivity (Wildman–Crippen MR) is 77.2 cm³/mol. The van der Waals surface area contributed by atoms with Gasteiger partial charge < -0.3 is 10.1 Å². The van der Waals surface area contributed by atoms with Crippen LogP contribution in [-0.4, -0.2) is 38.3 Å². The number of carbonyl (C=O) groups is 1. The number of benzene rings is 1. The van der Waals surface area contributed by atoms with Gasteiger partial charge in [-0.1, -0.05) is 13.0 Å². The van der Waals surface area contributed by atoms with E-state index in [1.165, 1.54) is 11.0 Å². The van der Waals surface area contributed by atoms with Crippen molar-refractivity contribution >= 4 is 5.91 Å². The van der Waals surface area contributed by atoms with Gasteiger partial charge in [-0.15, -0.1) is 5.10 Å². The summed E-state index contributed by atoms with van der Waals surface area (Å²) >= 11 is 0. The Morgan fingerprint density at radius 1 is 1.43 bits per heavy atom. The van der Waals surface area contributed by atoms with Crippen LogP contribution in [0.1, 0.15) is 27.2 Å². The summed E-state index contributed by atoms with van der Waals surface area (Å²) in [6, 6.07) is 7.23. The molecule has 7 heteroatoms. The smallest absolute Gasteiger partial charge is 0.258 e. The molecule has 0 spiro atoms. The molecule has 1 amide bonds. The van der Waals surface area contributed by atoms with Crippen LogP contribution in [0.5, 0.6) is 5.75 Å². The molecule has 1 heterocycles. The summed E-state index contributed by atoms with van der Waals surface area (Å²) in [5.41, 5.74) is 0.543. The fraction of sp³-hybridized carbons (Fsp3) is 0.429. The molecule has 0 aliphatic rings. The number of aromatic nitrogens is 4. The zero-order valence-electron chi connectivity index (χ0n) is 12.4. The van der Waals surface area contributed by atoms with Gasteiger partial charge in [0.1, 0.15) is 12.1 Å². The molecule has 0 fully saturated rings. The van der Waals surface area contributed by atoms with Crippen molar-refractivity contribution in [3.63, 3.8) is 0 Å². The van der Waals surface area contributed by atoms with Gasteiger partial charge in [-0.05, 0) is 42.8 Å². The van der Waals surface area contributed by atoms with E-state index in [9.17, 15) is 4.79 Å². The third-order valence-electron chi connectivity index (χ3n) is 3.16. The van der Waals surface area contributed by atoms with Crippen LogP contribution in [0.2, 0.25) is 0 Å². The topological polar surface area (TPSA) is 81.9 Å². The van der Waals surface area contributed by atoms with Gasteiger partial charge in [-0.3, -0.25) is 4.79 Å². The van der Waals surface area contributed by atoms with Crippen molar-refractivity contribution in [2.24, 2.45) is 0 Å². The average Bonchev–Trinajstić information content (AvgIpc) is 2.99. The Labute approximate surface area is 123 Å². The summed E-state index contributed by atoms with van der Waals surface area (Å²) < 4.78 is 7.02. The molecule has 0 unspecified atom stereocenters. The minimum absolute atomic E-state index is 0.0253. The van der Waals surface area contributed by atoms with Gasteiger partial charge in [0.2, 0.25) is 0 Å². The highest BCUT2D eigenvalue weighted by molar-refractivity contribution is 5.78. The first-order chi connectivity index (χ1) is 10.00. The largest absolute Gasteiger partial charge is 0.484 e. The van der Waals surface area contributed by atoms with Crippen molar-refractivity contribution in [1.82, 2.24) is 25.5 Å². The molecular formula is C14H19N5O2. The summed E-state index contributed by atoms with van der Waals surface area (Å²) in [5, 5.41) is 13.9. The van der Waals surface area contributed by atoms with E-state index in [0.717, 1.165) is 12.1 Å². The zero-order chi connectivity index (χ0) is 15.3. The van der Waals surface area contributed by atoms with E-state index < -0.39 is 0 Å². The van der Waals surface area contributed by atoms with Gasteiger partial charge in [-0.25, -0.2) is 4.68 Å². The van der Waals surface area contributed by atoms with Crippen molar-refractivity contribution in [1.29, 1.82) is 0 Å². The van der Waals surface area contributed by atoms with Crippen LogP contribution in [-0.2, 0) is 4.79 Å². The summed E-state index contributed by atoms with van der Waals surface area (Å²) in [7, 11) is 0. The van der Waals surface area contributed by atoms with E-state index in [0.29, 0.717) is 5.75 Å². The molecule has 0 saturated carbocycles. The lowest BCUT2D eigenvalue weighted by Crippen LogP contribution is -2.44. The predicted octanol–water partition coefficient (Wildman–Crippen LogP) is 1.35. The second kappa shape index (κ2) is 6.34. The second-order valence-electron chi connectivity index (χ2n) is 5.33. The first-order valence-electron chi connectivity index (χ1n) is 6.77. The van der Waals surface area contributed by atoms with E-state index in [-0.39, 0.29) is 18.1 Å². The van der Waals surface area contributed by atoms with Crippen LogP contribution in [0.4, 0.5) is 0 Å². The Kier molecular flexibility index (Phi) is 4.52. The van der Waals surface area contributed by atoms with Crippen molar-refractivity contribution in [2.75, 3.05) is 6.61 Å². The molecule has 112 valence electrons. The lowest BCUT2D eigenvalue weighted by Gasteiger charge is -2.24. The lowest BCUT2D eigenvalue weighted by molar-refractivity contribution is -0.124. The number of nitrogens with one attached hydrogen (secondary N) is 1. The standard InChI is InChI=1S/C14H19N5O2/c1-4-14(2,3)16-13(20)9-21-12-7-5-6-11(8-12)19-10-15-17-18-19/h5-8,10H,4,9H2,1-3H3,(H,16,20). The van der Waals surface area contributed by atoms with E-state index in [2.05, 4.69) is 20.8 Å². The fourth-order valence-electron chi connectivity index (χ4n) is 1.65. The molecule has 0 bridgehead atoms. The van der Waals surface area contributed by atoms with Crippen LogP contribution in [0.25, 0.3) is 5.69 Å². The Morgan fingerprint density at radius 3 is 2.90 bits per heavy atom. The molecule has 2 rings (SSSR count). The van der Waals surface area contributed by atoms with E-state index >= 15 is 0 Å². The molecule has 0 atom stereocenters. The van der Waals surface area contributed by atoms with Crippen LogP contribution < -0.4 is 10.1 Å². The van der Waals surface area contributed by atoms with Gasteiger partial charge in [0.05, 0.1) is 5.69 Å². The number of nitrogens with zero attached hydrogens (tertiary/aromatic N) is 4. The molecule has 7 nitrogen and oxygen atoms in total. The fourth-order valence-corrected chi connectivity index (χ4v) is 1.65. The number of amides is 1. The minimum Gasteiger partial charge on any atom is -0.484 e. The molecular weight excluding hydrogens is 270 g/mol. The van der Waals surface area contributed by atoms with Crippen LogP contribution >= 0.6 is 0 Å². The van der Waals surface area contributed by atoms with E-state index in [4.69, 9.17) is 4.74 Å². The van der Waals surface area contributed by atoms with E-state index in [1.807, 2.05) is 32.9 Å². The van der Waals surface area contributed by atoms with Gasteiger partial charge in [0.15, 0.2) is 6.61 Å². The summed E-state index contributed by atoms with van der Waals surface area (Å²) in [6.07, 6.45) is 2.35. The Morgan fingerprint density at radius 2 is 2.24 bits per heavy atom. The lowest BCUT2D eigenvalue weighted by atomic mass is 10.0. The maximum absolute atomic E-state index is 11.8. The quantitative estimate of drug-likeness (QED) is 0.868. The van der Waals surface area contributed by atoms with Crippen molar-refractivity contribution in [3.8, 4) is 11.4 Å². The number of tetrazole rings is 1. The third-order valence-corrected chi connectivity index (χ3v) is 3.16. The highest BCUT2D eigenvalue weighted by atomic mass is 16.5. The van der Waals surface area contributed by atoms with Crippen LogP contribution in [0.15, 0.2) is 30.6 Å². The molecule has 1 aromatic heterocycles. The summed E-state index contributed by atoms with van der Waals surface area (Å²) in [6.45, 7) is 5.95. The molecule has 1 N–H and O–H groups in total. The Hall–Kier alpha value is -2.44. The second-order valence-corrected chi connectivity index (χ2v) is 5.33. The monoisotopic (exact) mass is 289 g/mol. The minimum atomic E-state index is -0.227. The van der Waals surface area contributed by atoms with E-state index in [1.54, 1.807) is 12.1 Å². The molecule has 0 aliphatic carbocycles. The SMILES string of the molecule is CCC(C)(C)NC(=O)COc1cccc(-n2cnnn2)c1. The van der Waals surface area contributed by atoms with Crippen LogP contribution in [0, 0.1) is 0 Å². The summed E-state index contributed by atoms with van der Waals surface area (Å²) in [5.74, 6) is 0.446. The van der Waals surface area contributed by atoms with Crippen molar-refractivity contribution < 1.29 is 9.53 Å². The molecule has 21 heavy (non-hydrogen) atoms. The van der Waals surface area contributed by atoms with Crippen molar-refractivity contribution in [2.45, 2.75) is 32.7 Å².